The van der Waals surface area contributed by atoms with Crippen molar-refractivity contribution in [3.05, 3.63) is 23.3 Å². The first kappa shape index (κ1) is 12.0. The summed E-state index contributed by atoms with van der Waals surface area (Å²) >= 11 is 0. The zero-order valence-electron chi connectivity index (χ0n) is 8.86. The maximum absolute atomic E-state index is 11.5. The molecule has 1 aromatic rings. The molecule has 1 rings (SSSR count). The summed E-state index contributed by atoms with van der Waals surface area (Å²) in [7, 11) is 1.39. The first-order chi connectivity index (χ1) is 7.63. The van der Waals surface area contributed by atoms with Crippen LogP contribution in [0.4, 0.5) is 0 Å². The summed E-state index contributed by atoms with van der Waals surface area (Å²) in [6.07, 6.45) is 0.130. The van der Waals surface area contributed by atoms with Crippen molar-refractivity contribution >= 4 is 5.78 Å². The molecule has 0 aromatic heterocycles. The summed E-state index contributed by atoms with van der Waals surface area (Å²) in [5.74, 6) is -0.252. The summed E-state index contributed by atoms with van der Waals surface area (Å²) in [6, 6.07) is 4.46. The van der Waals surface area contributed by atoms with E-state index in [2.05, 4.69) is 0 Å². The Hall–Kier alpha value is -2.06. The lowest BCUT2D eigenvalue weighted by Gasteiger charge is -2.07. The van der Waals surface area contributed by atoms with Crippen LogP contribution in [0, 0.1) is 11.3 Å². The third-order valence-corrected chi connectivity index (χ3v) is 2.11. The van der Waals surface area contributed by atoms with Gasteiger partial charge in [0.25, 0.3) is 0 Å². The van der Waals surface area contributed by atoms with Crippen LogP contribution in [-0.4, -0.2) is 24.5 Å². The molecule has 0 saturated carbocycles. The topological polar surface area (TPSA) is 96.3 Å². The second-order valence-electron chi connectivity index (χ2n) is 3.14. The molecule has 0 radical (unpaired) electrons. The predicted molar refractivity (Wildman–Crippen MR) is 57.4 cm³/mol. The molecule has 0 aliphatic carbocycles. The monoisotopic (exact) mass is 220 g/mol. The number of nitriles is 1. The van der Waals surface area contributed by atoms with E-state index < -0.39 is 0 Å². The Labute approximate surface area is 93.1 Å². The normalized spacial score (nSPS) is 9.56. The minimum absolute atomic E-state index is 0.0998. The number of hydrogen-bond acceptors (Lipinski definition) is 5. The maximum Gasteiger partial charge on any atom is 0.167 e. The van der Waals surface area contributed by atoms with E-state index in [1.54, 1.807) is 0 Å². The van der Waals surface area contributed by atoms with Gasteiger partial charge in [-0.25, -0.2) is 0 Å². The standard InChI is InChI=1S/C11H12N2O3/c1-16-11-5-10(15)8(4-7(11)6-13)9(14)2-3-12/h4-5,15H,2-3,12H2,1H3. The van der Waals surface area contributed by atoms with E-state index in [4.69, 9.17) is 15.7 Å². The van der Waals surface area contributed by atoms with Crippen molar-refractivity contribution in [2.24, 2.45) is 5.73 Å². The number of benzene rings is 1. The number of methoxy groups -OCH3 is 1. The number of phenolic OH excluding ortho intramolecular Hbond substituents is 1. The average Bonchev–Trinajstić information content (AvgIpc) is 2.28. The van der Waals surface area contributed by atoms with E-state index >= 15 is 0 Å². The van der Waals surface area contributed by atoms with Gasteiger partial charge >= 0.3 is 0 Å². The molecule has 0 amide bonds. The van der Waals surface area contributed by atoms with Gasteiger partial charge in [-0.1, -0.05) is 0 Å². The Bertz CT molecular complexity index is 449. The van der Waals surface area contributed by atoms with Crippen molar-refractivity contribution in [2.45, 2.75) is 6.42 Å². The van der Waals surface area contributed by atoms with Gasteiger partial charge < -0.3 is 15.6 Å². The van der Waals surface area contributed by atoms with Crippen molar-refractivity contribution < 1.29 is 14.6 Å². The van der Waals surface area contributed by atoms with Crippen molar-refractivity contribution in [3.63, 3.8) is 0 Å². The van der Waals surface area contributed by atoms with E-state index in [1.807, 2.05) is 6.07 Å². The first-order valence-electron chi connectivity index (χ1n) is 4.68. The molecule has 0 heterocycles. The fourth-order valence-electron chi connectivity index (χ4n) is 1.31. The quantitative estimate of drug-likeness (QED) is 0.732. The molecule has 0 atom stereocenters. The number of carbonyl (C=O) groups is 1. The van der Waals surface area contributed by atoms with E-state index in [9.17, 15) is 9.90 Å². The van der Waals surface area contributed by atoms with Crippen LogP contribution in [-0.2, 0) is 0 Å². The molecule has 1 aromatic carbocycles. The highest BCUT2D eigenvalue weighted by molar-refractivity contribution is 5.99. The van der Waals surface area contributed by atoms with Gasteiger partial charge in [-0.3, -0.25) is 4.79 Å². The zero-order chi connectivity index (χ0) is 12.1. The van der Waals surface area contributed by atoms with Gasteiger partial charge in [0.1, 0.15) is 17.6 Å². The number of Topliss-reactive ketones (excluding diaryl/α,β-unsaturated/α-hetero) is 1. The van der Waals surface area contributed by atoms with Crippen molar-refractivity contribution in [1.29, 1.82) is 5.26 Å². The lowest BCUT2D eigenvalue weighted by atomic mass is 10.0. The van der Waals surface area contributed by atoms with Gasteiger partial charge in [0.2, 0.25) is 0 Å². The summed E-state index contributed by atoms with van der Waals surface area (Å²) in [4.78, 5) is 11.5. The van der Waals surface area contributed by atoms with Crippen LogP contribution in [0.1, 0.15) is 22.3 Å². The van der Waals surface area contributed by atoms with E-state index in [0.29, 0.717) is 0 Å². The van der Waals surface area contributed by atoms with Crippen LogP contribution in [0.5, 0.6) is 11.5 Å². The number of phenols is 1. The molecule has 0 aliphatic heterocycles. The van der Waals surface area contributed by atoms with Crippen LogP contribution < -0.4 is 10.5 Å². The molecule has 3 N–H and O–H groups in total. The fraction of sp³-hybridized carbons (Fsp3) is 0.273. The third-order valence-electron chi connectivity index (χ3n) is 2.11. The Kier molecular flexibility index (Phi) is 3.86. The fourth-order valence-corrected chi connectivity index (χ4v) is 1.31. The van der Waals surface area contributed by atoms with Gasteiger partial charge in [-0.2, -0.15) is 5.26 Å². The van der Waals surface area contributed by atoms with Gasteiger partial charge in [0.05, 0.1) is 18.2 Å². The predicted octanol–water partition coefficient (Wildman–Crippen LogP) is 0.804. The zero-order valence-corrected chi connectivity index (χ0v) is 8.86. The van der Waals surface area contributed by atoms with E-state index in [0.717, 1.165) is 0 Å². The van der Waals surface area contributed by atoms with Crippen LogP contribution in [0.15, 0.2) is 12.1 Å². The summed E-state index contributed by atoms with van der Waals surface area (Å²) in [6.45, 7) is 0.201. The Morgan fingerprint density at radius 2 is 2.31 bits per heavy atom. The van der Waals surface area contributed by atoms with E-state index in [-0.39, 0.29) is 41.4 Å². The third kappa shape index (κ3) is 2.30. The summed E-state index contributed by atoms with van der Waals surface area (Å²) in [5.41, 5.74) is 5.56. The van der Waals surface area contributed by atoms with Gasteiger partial charge in [-0.15, -0.1) is 0 Å². The second-order valence-corrected chi connectivity index (χ2v) is 3.14. The van der Waals surface area contributed by atoms with Crippen molar-refractivity contribution in [2.75, 3.05) is 13.7 Å². The minimum atomic E-state index is -0.292. The molecule has 16 heavy (non-hydrogen) atoms. The Morgan fingerprint density at radius 1 is 1.62 bits per heavy atom. The molecule has 5 heteroatoms. The number of hydrogen-bond donors (Lipinski definition) is 2. The molecule has 0 spiro atoms. The largest absolute Gasteiger partial charge is 0.507 e. The van der Waals surface area contributed by atoms with Gasteiger partial charge in [0.15, 0.2) is 5.78 Å². The minimum Gasteiger partial charge on any atom is -0.507 e. The number of nitrogens with zero attached hydrogens (tertiary/aromatic N) is 1. The van der Waals surface area contributed by atoms with Crippen molar-refractivity contribution in [1.82, 2.24) is 0 Å². The van der Waals surface area contributed by atoms with Crippen LogP contribution in [0.2, 0.25) is 0 Å². The Balaban J connectivity index is 3.22. The highest BCUT2D eigenvalue weighted by atomic mass is 16.5. The number of carbonyl (C=O) groups excluding carboxylic acids is 1. The highest BCUT2D eigenvalue weighted by Crippen LogP contribution is 2.28. The smallest absolute Gasteiger partial charge is 0.167 e. The number of ether oxygens (including phenoxy) is 1. The maximum atomic E-state index is 11.5. The Morgan fingerprint density at radius 3 is 2.81 bits per heavy atom. The lowest BCUT2D eigenvalue weighted by Crippen LogP contribution is -2.08. The molecular weight excluding hydrogens is 208 g/mol. The number of ketones is 1. The molecule has 0 aliphatic rings. The van der Waals surface area contributed by atoms with Crippen LogP contribution in [0.25, 0.3) is 0 Å². The molecule has 0 saturated heterocycles. The molecule has 5 nitrogen and oxygen atoms in total. The number of aromatic hydroxyl groups is 1. The molecule has 84 valence electrons. The molecule has 0 unspecified atom stereocenters. The van der Waals surface area contributed by atoms with Gasteiger partial charge in [0, 0.05) is 12.5 Å². The summed E-state index contributed by atoms with van der Waals surface area (Å²) in [5, 5.41) is 18.4. The highest BCUT2D eigenvalue weighted by Gasteiger charge is 2.15. The van der Waals surface area contributed by atoms with Crippen LogP contribution in [0.3, 0.4) is 0 Å². The van der Waals surface area contributed by atoms with Crippen LogP contribution >= 0.6 is 0 Å². The molecule has 0 bridgehead atoms. The second kappa shape index (κ2) is 5.14. The van der Waals surface area contributed by atoms with Gasteiger partial charge in [-0.05, 0) is 12.6 Å². The lowest BCUT2D eigenvalue weighted by molar-refractivity contribution is 0.0983. The van der Waals surface area contributed by atoms with E-state index in [1.165, 1.54) is 19.2 Å². The SMILES string of the molecule is COc1cc(O)c(C(=O)CCN)cc1C#N. The van der Waals surface area contributed by atoms with Crippen molar-refractivity contribution in [3.8, 4) is 17.6 Å². The molecule has 0 fully saturated rings. The molecular formula is C11H12N2O3. The number of nitrogens with two attached hydrogens (primary N) is 1. The number of rotatable bonds is 4. The first-order valence-corrected chi connectivity index (χ1v) is 4.68. The summed E-state index contributed by atoms with van der Waals surface area (Å²) < 4.78 is 4.89. The average molecular weight is 220 g/mol.